The molecule has 0 bridgehead atoms. The van der Waals surface area contributed by atoms with E-state index in [4.69, 9.17) is 11.6 Å². The minimum absolute atomic E-state index is 0.138. The molecule has 0 saturated heterocycles. The molecule has 14 heavy (non-hydrogen) atoms. The fraction of sp³-hybridized carbons (Fsp3) is 0.455. The molecule has 1 aromatic carbocycles. The Morgan fingerprint density at radius 2 is 1.86 bits per heavy atom. The fourth-order valence-corrected chi connectivity index (χ4v) is 2.28. The van der Waals surface area contributed by atoms with Gasteiger partial charge in [0.2, 0.25) is 0 Å². The van der Waals surface area contributed by atoms with Crippen LogP contribution >= 0.6 is 11.6 Å². The third kappa shape index (κ3) is 1.60. The SMILES string of the molecule is Oc1ccc(Cl)cc1C1(O)CCCC1. The summed E-state index contributed by atoms with van der Waals surface area (Å²) in [6, 6.07) is 4.81. The van der Waals surface area contributed by atoms with E-state index >= 15 is 0 Å². The van der Waals surface area contributed by atoms with E-state index in [1.165, 1.54) is 6.07 Å². The van der Waals surface area contributed by atoms with Crippen LogP contribution in [0.1, 0.15) is 31.2 Å². The standard InChI is InChI=1S/C11H13ClO2/c12-8-3-4-10(13)9(7-8)11(14)5-1-2-6-11/h3-4,7,13-14H,1-2,5-6H2. The molecular formula is C11H13ClO2. The van der Waals surface area contributed by atoms with Crippen LogP contribution in [0, 0.1) is 0 Å². The molecule has 1 aliphatic carbocycles. The highest BCUT2D eigenvalue weighted by atomic mass is 35.5. The molecule has 2 N–H and O–H groups in total. The number of aliphatic hydroxyl groups is 1. The molecule has 0 radical (unpaired) electrons. The molecule has 0 amide bonds. The van der Waals surface area contributed by atoms with Gasteiger partial charge in [-0.15, -0.1) is 0 Å². The Bertz CT molecular complexity index is 343. The highest BCUT2D eigenvalue weighted by Crippen LogP contribution is 2.42. The molecule has 2 nitrogen and oxygen atoms in total. The highest BCUT2D eigenvalue weighted by Gasteiger charge is 2.35. The summed E-state index contributed by atoms with van der Waals surface area (Å²) in [5.74, 6) is 0.138. The average molecular weight is 213 g/mol. The summed E-state index contributed by atoms with van der Waals surface area (Å²) >= 11 is 5.84. The molecule has 0 unspecified atom stereocenters. The van der Waals surface area contributed by atoms with E-state index in [1.807, 2.05) is 0 Å². The van der Waals surface area contributed by atoms with Crippen molar-refractivity contribution in [3.05, 3.63) is 28.8 Å². The summed E-state index contributed by atoms with van der Waals surface area (Å²) in [5, 5.41) is 20.4. The van der Waals surface area contributed by atoms with Gasteiger partial charge in [-0.25, -0.2) is 0 Å². The fourth-order valence-electron chi connectivity index (χ4n) is 2.11. The van der Waals surface area contributed by atoms with Crippen LogP contribution in [-0.4, -0.2) is 10.2 Å². The largest absolute Gasteiger partial charge is 0.508 e. The van der Waals surface area contributed by atoms with Gasteiger partial charge >= 0.3 is 0 Å². The molecule has 1 fully saturated rings. The lowest BCUT2D eigenvalue weighted by Crippen LogP contribution is -2.20. The van der Waals surface area contributed by atoms with Gasteiger partial charge in [0.1, 0.15) is 5.75 Å². The van der Waals surface area contributed by atoms with Gasteiger partial charge in [-0.2, -0.15) is 0 Å². The van der Waals surface area contributed by atoms with E-state index in [0.717, 1.165) is 12.8 Å². The summed E-state index contributed by atoms with van der Waals surface area (Å²) < 4.78 is 0. The predicted octanol–water partition coefficient (Wildman–Crippen LogP) is 2.81. The van der Waals surface area contributed by atoms with E-state index < -0.39 is 5.60 Å². The zero-order valence-corrected chi connectivity index (χ0v) is 8.59. The van der Waals surface area contributed by atoms with Crippen molar-refractivity contribution in [2.45, 2.75) is 31.3 Å². The van der Waals surface area contributed by atoms with E-state index in [2.05, 4.69) is 0 Å². The van der Waals surface area contributed by atoms with Crippen molar-refractivity contribution >= 4 is 11.6 Å². The number of benzene rings is 1. The lowest BCUT2D eigenvalue weighted by molar-refractivity contribution is 0.0421. The second-order valence-corrected chi connectivity index (χ2v) is 4.34. The first-order valence-electron chi connectivity index (χ1n) is 4.83. The van der Waals surface area contributed by atoms with E-state index in [9.17, 15) is 10.2 Å². The Morgan fingerprint density at radius 1 is 1.21 bits per heavy atom. The zero-order chi connectivity index (χ0) is 10.2. The monoisotopic (exact) mass is 212 g/mol. The Balaban J connectivity index is 2.44. The Morgan fingerprint density at radius 3 is 2.50 bits per heavy atom. The van der Waals surface area contributed by atoms with Crippen LogP contribution in [0.5, 0.6) is 5.75 Å². The van der Waals surface area contributed by atoms with Crippen LogP contribution in [0.15, 0.2) is 18.2 Å². The smallest absolute Gasteiger partial charge is 0.121 e. The van der Waals surface area contributed by atoms with Crippen LogP contribution in [0.4, 0.5) is 0 Å². The van der Waals surface area contributed by atoms with Gasteiger partial charge < -0.3 is 10.2 Å². The highest BCUT2D eigenvalue weighted by molar-refractivity contribution is 6.30. The molecule has 0 aliphatic heterocycles. The molecule has 0 aromatic heterocycles. The molecular weight excluding hydrogens is 200 g/mol. The number of hydrogen-bond acceptors (Lipinski definition) is 2. The number of rotatable bonds is 1. The van der Waals surface area contributed by atoms with E-state index in [1.54, 1.807) is 12.1 Å². The molecule has 0 heterocycles. The second kappa shape index (κ2) is 3.44. The number of halogens is 1. The summed E-state index contributed by atoms with van der Waals surface area (Å²) in [4.78, 5) is 0. The first-order valence-corrected chi connectivity index (χ1v) is 5.21. The predicted molar refractivity (Wildman–Crippen MR) is 55.5 cm³/mol. The van der Waals surface area contributed by atoms with Crippen molar-refractivity contribution in [2.75, 3.05) is 0 Å². The van der Waals surface area contributed by atoms with Crippen LogP contribution in [0.3, 0.4) is 0 Å². The van der Waals surface area contributed by atoms with Crippen molar-refractivity contribution in [3.63, 3.8) is 0 Å². The topological polar surface area (TPSA) is 40.5 Å². The van der Waals surface area contributed by atoms with Gasteiger partial charge in [0, 0.05) is 10.6 Å². The minimum atomic E-state index is -0.866. The number of hydrogen-bond donors (Lipinski definition) is 2. The third-order valence-electron chi connectivity index (χ3n) is 2.89. The van der Waals surface area contributed by atoms with Gasteiger partial charge in [0.05, 0.1) is 5.60 Å². The van der Waals surface area contributed by atoms with Gasteiger partial charge in [-0.1, -0.05) is 24.4 Å². The Kier molecular flexibility index (Phi) is 2.41. The number of aromatic hydroxyl groups is 1. The summed E-state index contributed by atoms with van der Waals surface area (Å²) in [6.45, 7) is 0. The zero-order valence-electron chi connectivity index (χ0n) is 7.83. The maximum absolute atomic E-state index is 10.2. The lowest BCUT2D eigenvalue weighted by Gasteiger charge is -2.23. The lowest BCUT2D eigenvalue weighted by atomic mass is 9.91. The maximum atomic E-state index is 10.2. The Labute approximate surface area is 88.1 Å². The van der Waals surface area contributed by atoms with Gasteiger partial charge in [0.15, 0.2) is 0 Å². The second-order valence-electron chi connectivity index (χ2n) is 3.90. The van der Waals surface area contributed by atoms with Crippen LogP contribution < -0.4 is 0 Å². The molecule has 76 valence electrons. The van der Waals surface area contributed by atoms with Crippen molar-refractivity contribution in [1.29, 1.82) is 0 Å². The Hall–Kier alpha value is -0.730. The first-order chi connectivity index (χ1) is 6.62. The molecule has 1 aromatic rings. The first kappa shape index (κ1) is 9.81. The molecule has 1 aliphatic rings. The quantitative estimate of drug-likeness (QED) is 0.752. The van der Waals surface area contributed by atoms with Gasteiger partial charge in [-0.3, -0.25) is 0 Å². The molecule has 1 saturated carbocycles. The third-order valence-corrected chi connectivity index (χ3v) is 3.13. The average Bonchev–Trinajstić information content (AvgIpc) is 2.58. The molecule has 0 atom stereocenters. The summed E-state index contributed by atoms with van der Waals surface area (Å²) in [5.41, 5.74) is -0.294. The van der Waals surface area contributed by atoms with Crippen LogP contribution in [-0.2, 0) is 5.60 Å². The van der Waals surface area contributed by atoms with Crippen LogP contribution in [0.25, 0.3) is 0 Å². The van der Waals surface area contributed by atoms with Gasteiger partial charge in [0.25, 0.3) is 0 Å². The van der Waals surface area contributed by atoms with Crippen molar-refractivity contribution in [3.8, 4) is 5.75 Å². The van der Waals surface area contributed by atoms with Crippen molar-refractivity contribution < 1.29 is 10.2 Å². The van der Waals surface area contributed by atoms with Crippen molar-refractivity contribution in [2.24, 2.45) is 0 Å². The van der Waals surface area contributed by atoms with Crippen molar-refractivity contribution in [1.82, 2.24) is 0 Å². The van der Waals surface area contributed by atoms with E-state index in [-0.39, 0.29) is 5.75 Å². The minimum Gasteiger partial charge on any atom is -0.508 e. The maximum Gasteiger partial charge on any atom is 0.121 e. The normalized spacial score (nSPS) is 19.9. The summed E-state index contributed by atoms with van der Waals surface area (Å²) in [7, 11) is 0. The molecule has 3 heteroatoms. The van der Waals surface area contributed by atoms with Crippen LogP contribution in [0.2, 0.25) is 5.02 Å². The molecule has 2 rings (SSSR count). The number of phenols is 1. The number of phenolic OH excluding ortho intramolecular Hbond substituents is 1. The van der Waals surface area contributed by atoms with E-state index in [0.29, 0.717) is 23.4 Å². The summed E-state index contributed by atoms with van der Waals surface area (Å²) in [6.07, 6.45) is 3.42. The molecule has 0 spiro atoms. The van der Waals surface area contributed by atoms with Gasteiger partial charge in [-0.05, 0) is 31.0 Å².